The number of thiophene rings is 1. The maximum absolute atomic E-state index is 14.4. The molecule has 0 bridgehead atoms. The van der Waals surface area contributed by atoms with Gasteiger partial charge in [0.1, 0.15) is 30.5 Å². The molecule has 5 N–H and O–H groups in total. The summed E-state index contributed by atoms with van der Waals surface area (Å²) < 4.78 is 37.8. The molecule has 1 aromatic rings. The second kappa shape index (κ2) is 20.6. The molecular weight excluding hydrogens is 785 g/mol. The molecule has 16 heteroatoms. The van der Waals surface area contributed by atoms with Crippen molar-refractivity contribution in [3.8, 4) is 0 Å². The molecule has 4 heterocycles. The van der Waals surface area contributed by atoms with Gasteiger partial charge in [0.25, 0.3) is 0 Å². The highest BCUT2D eigenvalue weighted by Gasteiger charge is 2.53. The normalized spacial score (nSPS) is 45.2. The number of nitrogens with zero attached hydrogens (tertiary/aromatic N) is 2. The maximum atomic E-state index is 14.4. The van der Waals surface area contributed by atoms with Crippen LogP contribution in [0.3, 0.4) is 0 Å². The molecule has 0 saturated carbocycles. The molecule has 18 atom stereocenters. The molecule has 3 saturated heterocycles. The standard InChI is InChI=1S/C43H74N2O13S/c1-14-31-43(10,51)36(47)25(4)33(44-53-18-17-29-16-15-19-59-29)23(2)21-41(8,50)38(58-40-34(46)30(45(11)12)20-24(3)54-40)26(5)35(27(6)39(49)56-31)57-32-22-42(9,52-13)37(48)28(7)55-32/h15-16,19,23-28,30-32,34-38,40,46-48,50-51H,14,17-18,20-22H2,1-13H3/b44-33+/t23-,24-,25-,26+,27-,28+,30+,31+,32?,34-,35+,36-,37+,38-,40+,41?,42-,43-/m1/s1. The fraction of sp³-hybridized carbons (Fsp3) is 0.860. The summed E-state index contributed by atoms with van der Waals surface area (Å²) in [4.78, 5) is 23.3. The number of likely N-dealkylation sites (N-methyl/N-ethyl adjacent to an activating group) is 1. The summed E-state index contributed by atoms with van der Waals surface area (Å²) in [5.41, 5.74) is -4.34. The van der Waals surface area contributed by atoms with Crippen LogP contribution in [0.4, 0.5) is 0 Å². The van der Waals surface area contributed by atoms with E-state index < -0.39 is 102 Å². The van der Waals surface area contributed by atoms with Crippen molar-refractivity contribution in [1.82, 2.24) is 4.90 Å². The van der Waals surface area contributed by atoms with Gasteiger partial charge in [-0.05, 0) is 86.3 Å². The number of carbonyl (C=O) groups excluding carboxylic acids is 1. The van der Waals surface area contributed by atoms with Crippen molar-refractivity contribution >= 4 is 23.0 Å². The monoisotopic (exact) mass is 858 g/mol. The number of esters is 1. The third-order valence-corrected chi connectivity index (χ3v) is 14.0. The first-order valence-corrected chi connectivity index (χ1v) is 22.1. The van der Waals surface area contributed by atoms with Crippen LogP contribution in [0.5, 0.6) is 0 Å². The quantitative estimate of drug-likeness (QED) is 0.122. The molecule has 4 rings (SSSR count). The zero-order chi connectivity index (χ0) is 44.2. The van der Waals surface area contributed by atoms with E-state index in [2.05, 4.69) is 5.16 Å². The Labute approximate surface area is 355 Å². The number of cyclic esters (lactones) is 1. The highest BCUT2D eigenvalue weighted by atomic mass is 32.1. The first kappa shape index (κ1) is 49.9. The molecule has 2 unspecified atom stereocenters. The Balaban J connectivity index is 1.85. The van der Waals surface area contributed by atoms with Crippen molar-refractivity contribution in [1.29, 1.82) is 0 Å². The molecule has 3 fully saturated rings. The van der Waals surface area contributed by atoms with E-state index in [9.17, 15) is 30.3 Å². The van der Waals surface area contributed by atoms with Crippen LogP contribution >= 0.6 is 11.3 Å². The predicted molar refractivity (Wildman–Crippen MR) is 223 cm³/mol. The number of hydrogen-bond acceptors (Lipinski definition) is 16. The van der Waals surface area contributed by atoms with Crippen LogP contribution in [0, 0.1) is 23.7 Å². The molecule has 59 heavy (non-hydrogen) atoms. The van der Waals surface area contributed by atoms with E-state index in [1.807, 2.05) is 50.4 Å². The van der Waals surface area contributed by atoms with Crippen molar-refractivity contribution in [2.45, 2.75) is 186 Å². The van der Waals surface area contributed by atoms with Crippen molar-refractivity contribution in [3.05, 3.63) is 22.4 Å². The van der Waals surface area contributed by atoms with Crippen molar-refractivity contribution in [2.24, 2.45) is 28.8 Å². The largest absolute Gasteiger partial charge is 0.459 e. The van der Waals surface area contributed by atoms with Crippen molar-refractivity contribution in [2.75, 3.05) is 27.8 Å². The molecule has 0 aromatic carbocycles. The zero-order valence-electron chi connectivity index (χ0n) is 37.4. The van der Waals surface area contributed by atoms with E-state index in [-0.39, 0.29) is 38.0 Å². The van der Waals surface area contributed by atoms with Gasteiger partial charge in [-0.3, -0.25) is 4.79 Å². The highest BCUT2D eigenvalue weighted by Crippen LogP contribution is 2.41. The van der Waals surface area contributed by atoms with E-state index in [4.69, 9.17) is 33.3 Å². The van der Waals surface area contributed by atoms with Crippen LogP contribution < -0.4 is 0 Å². The summed E-state index contributed by atoms with van der Waals surface area (Å²) in [6.45, 7) is 17.4. The van der Waals surface area contributed by atoms with Gasteiger partial charge in [-0.1, -0.05) is 38.9 Å². The van der Waals surface area contributed by atoms with Gasteiger partial charge in [-0.25, -0.2) is 0 Å². The fourth-order valence-electron chi connectivity index (χ4n) is 9.31. The SMILES string of the molecule is CC[C@@H]1OC(=O)[C@H](C)[C@@H](OC2C[C@@](C)(OC)[C@@H](O)[C@H](C)O2)[C@H](C)[C@@H](O[C@@H]2O[C@H](C)C[C@H](N(C)C)[C@H]2O)C(C)(O)C[C@@H](C)/C(=N\OCCc2cccs2)[C@@H](C)[C@@H](O)[C@]1(C)O. The van der Waals surface area contributed by atoms with Gasteiger partial charge in [0.15, 0.2) is 12.6 Å². The lowest BCUT2D eigenvalue weighted by Crippen LogP contribution is -2.61. The Morgan fingerprint density at radius 2 is 1.64 bits per heavy atom. The van der Waals surface area contributed by atoms with E-state index >= 15 is 0 Å². The van der Waals surface area contributed by atoms with Crippen LogP contribution in [-0.2, 0) is 44.5 Å². The van der Waals surface area contributed by atoms with E-state index in [0.717, 1.165) is 4.88 Å². The fourth-order valence-corrected chi connectivity index (χ4v) is 10.0. The molecule has 0 aliphatic carbocycles. The molecule has 3 aliphatic heterocycles. The van der Waals surface area contributed by atoms with Crippen LogP contribution in [0.25, 0.3) is 0 Å². The molecule has 0 spiro atoms. The lowest BCUT2D eigenvalue weighted by Gasteiger charge is -2.49. The predicted octanol–water partition coefficient (Wildman–Crippen LogP) is 3.89. The molecule has 340 valence electrons. The second-order valence-electron chi connectivity index (χ2n) is 18.2. The first-order valence-electron chi connectivity index (χ1n) is 21.2. The average Bonchev–Trinajstić information content (AvgIpc) is 3.69. The summed E-state index contributed by atoms with van der Waals surface area (Å²) >= 11 is 1.60. The van der Waals surface area contributed by atoms with Crippen LogP contribution in [0.15, 0.2) is 22.7 Å². The maximum Gasteiger partial charge on any atom is 0.311 e. The van der Waals surface area contributed by atoms with Crippen LogP contribution in [0.2, 0.25) is 0 Å². The molecular formula is C43H74N2O13S. The van der Waals surface area contributed by atoms with E-state index in [1.165, 1.54) is 14.0 Å². The summed E-state index contributed by atoms with van der Waals surface area (Å²) in [6, 6.07) is 3.65. The Kier molecular flexibility index (Phi) is 17.4. The summed E-state index contributed by atoms with van der Waals surface area (Å²) in [5, 5.41) is 66.0. The number of hydrogen-bond donors (Lipinski definition) is 5. The van der Waals surface area contributed by atoms with Crippen molar-refractivity contribution < 1.29 is 63.6 Å². The Bertz CT molecular complexity index is 1500. The van der Waals surface area contributed by atoms with Crippen LogP contribution in [-0.4, -0.2) is 154 Å². The number of methoxy groups -OCH3 is 1. The minimum absolute atomic E-state index is 0.0114. The van der Waals surface area contributed by atoms with Gasteiger partial charge in [-0.15, -0.1) is 11.3 Å². The molecule has 1 aromatic heterocycles. The van der Waals surface area contributed by atoms with Crippen LogP contribution in [0.1, 0.15) is 99.8 Å². The third kappa shape index (κ3) is 11.6. The summed E-state index contributed by atoms with van der Waals surface area (Å²) in [7, 11) is 5.25. The highest BCUT2D eigenvalue weighted by molar-refractivity contribution is 7.09. The summed E-state index contributed by atoms with van der Waals surface area (Å²) in [6.07, 6.45) is -8.62. The Hall–Kier alpha value is -1.80. The number of carbonyl (C=O) groups is 1. The zero-order valence-corrected chi connectivity index (χ0v) is 38.3. The lowest BCUT2D eigenvalue weighted by atomic mass is 9.73. The molecule has 0 radical (unpaired) electrons. The van der Waals surface area contributed by atoms with Gasteiger partial charge in [0, 0.05) is 48.6 Å². The number of aliphatic hydroxyl groups excluding tert-OH is 3. The third-order valence-electron chi connectivity index (χ3n) is 13.0. The molecule has 15 nitrogen and oxygen atoms in total. The number of oxime groups is 1. The first-order chi connectivity index (χ1) is 27.5. The van der Waals surface area contributed by atoms with Gasteiger partial charge >= 0.3 is 5.97 Å². The topological polar surface area (TPSA) is 198 Å². The van der Waals surface area contributed by atoms with Crippen molar-refractivity contribution in [3.63, 3.8) is 0 Å². The molecule has 0 amide bonds. The van der Waals surface area contributed by atoms with Gasteiger partial charge in [0.05, 0.1) is 53.4 Å². The minimum atomic E-state index is -1.94. The summed E-state index contributed by atoms with van der Waals surface area (Å²) in [5.74, 6) is -3.98. The van der Waals surface area contributed by atoms with Gasteiger partial charge < -0.3 is 63.7 Å². The van der Waals surface area contributed by atoms with Gasteiger partial charge in [-0.2, -0.15) is 0 Å². The van der Waals surface area contributed by atoms with E-state index in [0.29, 0.717) is 18.6 Å². The Morgan fingerprint density at radius 3 is 2.24 bits per heavy atom. The smallest absolute Gasteiger partial charge is 0.311 e. The average molecular weight is 859 g/mol. The lowest BCUT2D eigenvalue weighted by molar-refractivity contribution is -0.317. The minimum Gasteiger partial charge on any atom is -0.459 e. The van der Waals surface area contributed by atoms with Gasteiger partial charge in [0.2, 0.25) is 0 Å². The number of aliphatic hydroxyl groups is 5. The number of ether oxygens (including phenoxy) is 6. The van der Waals surface area contributed by atoms with E-state index in [1.54, 1.807) is 59.8 Å². The Morgan fingerprint density at radius 1 is 0.966 bits per heavy atom. The number of rotatable bonds is 11. The second-order valence-corrected chi connectivity index (χ2v) is 19.3. The molecule has 3 aliphatic rings.